The van der Waals surface area contributed by atoms with Gasteiger partial charge in [0, 0.05) is 0 Å². The summed E-state index contributed by atoms with van der Waals surface area (Å²) in [7, 11) is -3.02. The fraction of sp³-hybridized carbons (Fsp3) is 0.833. The molecule has 1 aliphatic carbocycles. The summed E-state index contributed by atoms with van der Waals surface area (Å²) in [5, 5.41) is -0.307. The third kappa shape index (κ3) is 2.51. The van der Waals surface area contributed by atoms with Gasteiger partial charge in [0.25, 0.3) is 0 Å². The highest BCUT2D eigenvalue weighted by Crippen LogP contribution is 2.27. The normalized spacial score (nSPS) is 17.1. The lowest BCUT2D eigenvalue weighted by atomic mass is 9.75. The van der Waals surface area contributed by atoms with Crippen molar-refractivity contribution >= 4 is 23.1 Å². The van der Waals surface area contributed by atoms with Crippen molar-refractivity contribution < 1.29 is 13.2 Å². The summed E-state index contributed by atoms with van der Waals surface area (Å²) in [4.78, 5) is 10.9. The summed E-state index contributed by atoms with van der Waals surface area (Å²) < 4.78 is 24.3. The lowest BCUT2D eigenvalue weighted by Gasteiger charge is -2.02. The molecule has 0 heterocycles. The Balaban J connectivity index is 2.44. The van der Waals surface area contributed by atoms with Crippen LogP contribution in [-0.4, -0.2) is 26.8 Å². The molecule has 4 nitrogen and oxygen atoms in total. The van der Waals surface area contributed by atoms with Crippen LogP contribution in [0.1, 0.15) is 19.8 Å². The summed E-state index contributed by atoms with van der Waals surface area (Å²) in [5.41, 5.74) is 0. The third-order valence-electron chi connectivity index (χ3n) is 1.70. The number of amides is 1. The molecule has 1 fully saturated rings. The highest BCUT2D eigenvalue weighted by atomic mass is 32.2. The largest absolute Gasteiger partial charge is 0.287 e. The molecule has 0 radical (unpaired) electrons. The molecule has 1 amide bonds. The molecule has 6 heteroatoms. The van der Waals surface area contributed by atoms with Crippen molar-refractivity contribution in [3.8, 4) is 0 Å². The van der Waals surface area contributed by atoms with Crippen LogP contribution in [0.15, 0.2) is 0 Å². The minimum Gasteiger partial charge on any atom is -0.287 e. The van der Waals surface area contributed by atoms with Gasteiger partial charge in [-0.25, -0.2) is 8.42 Å². The second kappa shape index (κ2) is 3.47. The Labute approximate surface area is 73.0 Å². The lowest BCUT2D eigenvalue weighted by molar-refractivity contribution is 0.263. The van der Waals surface area contributed by atoms with Gasteiger partial charge in [0.15, 0.2) is 5.81 Å². The number of carbonyl (C=O) groups is 1. The van der Waals surface area contributed by atoms with Crippen LogP contribution in [0.2, 0.25) is 6.32 Å². The monoisotopic (exact) mass is 189 g/mol. The predicted octanol–water partition coefficient (Wildman–Crippen LogP) is 0.0629. The first kappa shape index (κ1) is 9.57. The smallest absolute Gasteiger partial charge is 0.237 e. The van der Waals surface area contributed by atoms with E-state index in [-0.39, 0.29) is 18.3 Å². The van der Waals surface area contributed by atoms with Crippen molar-refractivity contribution in [1.29, 1.82) is 0 Å². The predicted molar refractivity (Wildman–Crippen MR) is 48.1 cm³/mol. The fourth-order valence-electron chi connectivity index (χ4n) is 0.898. The Hall–Kier alpha value is -0.515. The van der Waals surface area contributed by atoms with Crippen molar-refractivity contribution in [2.45, 2.75) is 31.3 Å². The minimum atomic E-state index is -3.31. The van der Waals surface area contributed by atoms with E-state index in [0.29, 0.717) is 19.2 Å². The van der Waals surface area contributed by atoms with Crippen molar-refractivity contribution in [2.75, 3.05) is 0 Å². The average molecular weight is 189 g/mol. The maximum atomic E-state index is 11.1. The zero-order valence-electron chi connectivity index (χ0n) is 7.04. The zero-order chi connectivity index (χ0) is 9.19. The average Bonchev–Trinajstić information content (AvgIpc) is 2.65. The van der Waals surface area contributed by atoms with E-state index in [1.165, 1.54) is 0 Å². The third-order valence-corrected chi connectivity index (χ3v) is 3.56. The first-order chi connectivity index (χ1) is 5.56. The minimum absolute atomic E-state index is 0.284. The van der Waals surface area contributed by atoms with Crippen LogP contribution >= 0.6 is 0 Å². The number of hydrogen-bond acceptors (Lipinski definition) is 3. The fourth-order valence-corrected chi connectivity index (χ4v) is 2.24. The molecule has 1 rings (SSSR count). The molecule has 0 aromatic heterocycles. The van der Waals surface area contributed by atoms with Gasteiger partial charge in [-0.15, -0.1) is 0 Å². The number of rotatable bonds is 4. The topological polar surface area (TPSA) is 63.2 Å². The van der Waals surface area contributed by atoms with Gasteiger partial charge < -0.3 is 0 Å². The zero-order valence-corrected chi connectivity index (χ0v) is 7.86. The van der Waals surface area contributed by atoms with E-state index in [1.807, 2.05) is 6.92 Å². The highest BCUT2D eigenvalue weighted by molar-refractivity contribution is 7.91. The summed E-state index contributed by atoms with van der Waals surface area (Å²) in [5.74, 6) is -0.385. The van der Waals surface area contributed by atoms with E-state index < -0.39 is 10.0 Å². The van der Waals surface area contributed by atoms with Crippen molar-refractivity contribution in [2.24, 2.45) is 0 Å². The van der Waals surface area contributed by atoms with E-state index in [4.69, 9.17) is 0 Å². The van der Waals surface area contributed by atoms with Crippen LogP contribution in [0, 0.1) is 0 Å². The number of sulfonamides is 1. The van der Waals surface area contributed by atoms with Gasteiger partial charge in [-0.1, -0.05) is 13.2 Å². The van der Waals surface area contributed by atoms with Crippen LogP contribution < -0.4 is 4.72 Å². The van der Waals surface area contributed by atoms with Crippen LogP contribution in [0.5, 0.6) is 0 Å². The molecule has 0 saturated heterocycles. The maximum absolute atomic E-state index is 11.1. The summed E-state index contributed by atoms with van der Waals surface area (Å²) >= 11 is 0. The first-order valence-electron chi connectivity index (χ1n) is 4.10. The van der Waals surface area contributed by atoms with Crippen molar-refractivity contribution in [1.82, 2.24) is 4.72 Å². The molecule has 0 unspecified atom stereocenters. The first-order valence-corrected chi connectivity index (χ1v) is 5.65. The van der Waals surface area contributed by atoms with Crippen molar-refractivity contribution in [3.05, 3.63) is 0 Å². The molecule has 0 aromatic carbocycles. The van der Waals surface area contributed by atoms with E-state index in [1.54, 1.807) is 0 Å². The Morgan fingerprint density at radius 2 is 2.17 bits per heavy atom. The SMILES string of the molecule is CCBC(=O)NS(=O)(=O)C1CC1. The van der Waals surface area contributed by atoms with E-state index in [2.05, 4.69) is 4.72 Å². The second-order valence-electron chi connectivity index (χ2n) is 3.02. The van der Waals surface area contributed by atoms with Crippen LogP contribution in [0.25, 0.3) is 0 Å². The standard InChI is InChI=1S/C6H12BNO3S/c1-2-7-6(9)8-12(10,11)5-3-4-5/h5,7H,2-4H2,1H3,(H,8,9). The van der Waals surface area contributed by atoms with Crippen molar-refractivity contribution in [3.63, 3.8) is 0 Å². The van der Waals surface area contributed by atoms with E-state index in [9.17, 15) is 13.2 Å². The Kier molecular flexibility index (Phi) is 2.77. The molecule has 1 N–H and O–H groups in total. The molecule has 0 bridgehead atoms. The van der Waals surface area contributed by atoms with Crippen LogP contribution in [-0.2, 0) is 10.0 Å². The Morgan fingerprint density at radius 1 is 1.58 bits per heavy atom. The van der Waals surface area contributed by atoms with Gasteiger partial charge in [-0.3, -0.25) is 9.52 Å². The summed E-state index contributed by atoms with van der Waals surface area (Å²) in [6, 6.07) is 0. The van der Waals surface area contributed by atoms with Gasteiger partial charge in [0.05, 0.1) is 5.25 Å². The van der Waals surface area contributed by atoms with Crippen LogP contribution in [0.3, 0.4) is 0 Å². The second-order valence-corrected chi connectivity index (χ2v) is 4.98. The Morgan fingerprint density at radius 3 is 2.58 bits per heavy atom. The molecule has 68 valence electrons. The maximum Gasteiger partial charge on any atom is 0.237 e. The van der Waals surface area contributed by atoms with Gasteiger partial charge in [0.1, 0.15) is 0 Å². The van der Waals surface area contributed by atoms with E-state index in [0.717, 1.165) is 0 Å². The quantitative estimate of drug-likeness (QED) is 0.636. The molecule has 0 aromatic rings. The molecule has 0 spiro atoms. The number of hydrogen-bond donors (Lipinski definition) is 1. The molecule has 1 aliphatic rings. The Bertz CT molecular complexity index is 271. The molecule has 0 atom stereocenters. The molecular formula is C6H12BNO3S. The molecular weight excluding hydrogens is 177 g/mol. The van der Waals surface area contributed by atoms with Gasteiger partial charge in [-0.2, -0.15) is 0 Å². The summed E-state index contributed by atoms with van der Waals surface area (Å²) in [6.45, 7) is 1.84. The van der Waals surface area contributed by atoms with Gasteiger partial charge >= 0.3 is 0 Å². The number of carbonyl (C=O) groups excluding carboxylic acids is 1. The lowest BCUT2D eigenvalue weighted by Crippen LogP contribution is -2.35. The molecule has 1 saturated carbocycles. The summed E-state index contributed by atoms with van der Waals surface area (Å²) in [6.07, 6.45) is 2.05. The van der Waals surface area contributed by atoms with E-state index >= 15 is 0 Å². The molecule has 12 heavy (non-hydrogen) atoms. The van der Waals surface area contributed by atoms with Crippen LogP contribution in [0.4, 0.5) is 4.79 Å². The molecule has 0 aliphatic heterocycles. The van der Waals surface area contributed by atoms with Gasteiger partial charge in [-0.05, 0) is 12.8 Å². The highest BCUT2D eigenvalue weighted by Gasteiger charge is 2.36. The van der Waals surface area contributed by atoms with Gasteiger partial charge in [0.2, 0.25) is 17.3 Å². The number of nitrogens with one attached hydrogen (secondary N) is 1.